The second-order valence-electron chi connectivity index (χ2n) is 6.09. The van der Waals surface area contributed by atoms with Crippen LogP contribution in [0.1, 0.15) is 28.5 Å². The van der Waals surface area contributed by atoms with Crippen molar-refractivity contribution in [1.29, 1.82) is 0 Å². The third-order valence-electron chi connectivity index (χ3n) is 4.16. The second kappa shape index (κ2) is 6.83. The van der Waals surface area contributed by atoms with Crippen LogP contribution in [0.5, 0.6) is 0 Å². The smallest absolute Gasteiger partial charge is 0.272 e. The highest BCUT2D eigenvalue weighted by Crippen LogP contribution is 2.19. The number of nitrogens with zero attached hydrogens (tertiary/aromatic N) is 3. The predicted molar refractivity (Wildman–Crippen MR) is 92.0 cm³/mol. The Labute approximate surface area is 146 Å². The van der Waals surface area contributed by atoms with Gasteiger partial charge in [-0.05, 0) is 25.5 Å². The number of amides is 1. The molecule has 0 bridgehead atoms. The Bertz CT molecular complexity index is 864. The van der Waals surface area contributed by atoms with Crippen molar-refractivity contribution >= 4 is 21.6 Å². The minimum Gasteiger partial charge on any atom is -0.467 e. The minimum atomic E-state index is -3.06. The van der Waals surface area contributed by atoms with Crippen LogP contribution in [-0.2, 0) is 16.4 Å². The fourth-order valence-corrected chi connectivity index (χ4v) is 4.56. The van der Waals surface area contributed by atoms with E-state index in [4.69, 9.17) is 4.42 Å². The summed E-state index contributed by atoms with van der Waals surface area (Å²) in [5, 5.41) is 3.09. The van der Waals surface area contributed by atoms with Gasteiger partial charge in [0.05, 0.1) is 24.3 Å². The number of aromatic nitrogens is 2. The van der Waals surface area contributed by atoms with Gasteiger partial charge in [-0.25, -0.2) is 18.4 Å². The number of hydrogen-bond donors (Lipinski definition) is 1. The molecule has 2 aromatic rings. The first-order valence-electron chi connectivity index (χ1n) is 7.93. The van der Waals surface area contributed by atoms with E-state index in [2.05, 4.69) is 15.3 Å². The van der Waals surface area contributed by atoms with Gasteiger partial charge in [-0.3, -0.25) is 4.79 Å². The lowest BCUT2D eigenvalue weighted by Crippen LogP contribution is -2.38. The maximum absolute atomic E-state index is 12.7. The van der Waals surface area contributed by atoms with E-state index in [0.717, 1.165) is 5.76 Å². The van der Waals surface area contributed by atoms with Crippen LogP contribution in [0.4, 0.5) is 5.82 Å². The molecule has 1 aliphatic rings. The van der Waals surface area contributed by atoms with Crippen molar-refractivity contribution in [3.05, 3.63) is 41.7 Å². The number of rotatable bonds is 5. The molecule has 0 aliphatic carbocycles. The van der Waals surface area contributed by atoms with Crippen molar-refractivity contribution in [1.82, 2.24) is 14.9 Å². The van der Waals surface area contributed by atoms with Gasteiger partial charge in [-0.15, -0.1) is 0 Å². The van der Waals surface area contributed by atoms with Gasteiger partial charge in [0.2, 0.25) is 0 Å². The zero-order valence-corrected chi connectivity index (χ0v) is 14.9. The van der Waals surface area contributed by atoms with Crippen molar-refractivity contribution in [2.45, 2.75) is 25.9 Å². The molecule has 3 rings (SSSR count). The summed E-state index contributed by atoms with van der Waals surface area (Å²) in [5.41, 5.74) is 0.237. The SMILES string of the molecule is Cc1nc(NCc2ccco2)cc(C(=O)N(C)C2CCS(=O)(=O)C2)n1. The summed E-state index contributed by atoms with van der Waals surface area (Å²) in [6.07, 6.45) is 2.04. The third kappa shape index (κ3) is 4.16. The van der Waals surface area contributed by atoms with Crippen LogP contribution in [0.25, 0.3) is 0 Å². The molecule has 8 nitrogen and oxygen atoms in total. The molecule has 1 aliphatic heterocycles. The molecule has 1 N–H and O–H groups in total. The molecule has 2 aromatic heterocycles. The number of carbonyl (C=O) groups is 1. The van der Waals surface area contributed by atoms with E-state index in [1.807, 2.05) is 6.07 Å². The zero-order chi connectivity index (χ0) is 18.0. The second-order valence-corrected chi connectivity index (χ2v) is 8.32. The van der Waals surface area contributed by atoms with Gasteiger partial charge in [0.15, 0.2) is 9.84 Å². The molecule has 0 radical (unpaired) electrons. The Hall–Kier alpha value is -2.42. The van der Waals surface area contributed by atoms with Crippen LogP contribution in [0.15, 0.2) is 28.9 Å². The zero-order valence-electron chi connectivity index (χ0n) is 14.1. The summed E-state index contributed by atoms with van der Waals surface area (Å²) in [6.45, 7) is 2.14. The Morgan fingerprint density at radius 2 is 2.24 bits per heavy atom. The van der Waals surface area contributed by atoms with Crippen molar-refractivity contribution in [3.8, 4) is 0 Å². The summed E-state index contributed by atoms with van der Waals surface area (Å²) >= 11 is 0. The minimum absolute atomic E-state index is 0.00288. The first-order chi connectivity index (χ1) is 11.8. The van der Waals surface area contributed by atoms with Gasteiger partial charge >= 0.3 is 0 Å². The Morgan fingerprint density at radius 3 is 2.88 bits per heavy atom. The van der Waals surface area contributed by atoms with E-state index >= 15 is 0 Å². The highest BCUT2D eigenvalue weighted by atomic mass is 32.2. The largest absolute Gasteiger partial charge is 0.467 e. The van der Waals surface area contributed by atoms with Crippen LogP contribution in [0, 0.1) is 6.92 Å². The number of sulfone groups is 1. The molecule has 0 spiro atoms. The molecular formula is C16H20N4O4S. The van der Waals surface area contributed by atoms with Gasteiger partial charge in [0.1, 0.15) is 23.1 Å². The molecule has 1 atom stereocenters. The number of nitrogens with one attached hydrogen (secondary N) is 1. The molecule has 0 saturated carbocycles. The number of carbonyl (C=O) groups excluding carboxylic acids is 1. The number of aryl methyl sites for hydroxylation is 1. The summed E-state index contributed by atoms with van der Waals surface area (Å²) < 4.78 is 28.5. The molecule has 9 heteroatoms. The third-order valence-corrected chi connectivity index (χ3v) is 5.91. The van der Waals surface area contributed by atoms with Gasteiger partial charge < -0.3 is 14.6 Å². The lowest BCUT2D eigenvalue weighted by atomic mass is 10.2. The standard InChI is InChI=1S/C16H20N4O4S/c1-11-18-14(8-15(19-11)17-9-13-4-3-6-24-13)16(21)20(2)12-5-7-25(22,23)10-12/h3-4,6,8,12H,5,7,9-10H2,1-2H3,(H,17,18,19). The number of anilines is 1. The molecule has 25 heavy (non-hydrogen) atoms. The average Bonchev–Trinajstić information content (AvgIpc) is 3.20. The quantitative estimate of drug-likeness (QED) is 0.851. The Kier molecular flexibility index (Phi) is 4.76. The Balaban J connectivity index is 1.73. The average molecular weight is 364 g/mol. The van der Waals surface area contributed by atoms with E-state index in [1.54, 1.807) is 32.4 Å². The first kappa shape index (κ1) is 17.4. The molecule has 1 fully saturated rings. The molecule has 1 amide bonds. The van der Waals surface area contributed by atoms with Gasteiger partial charge in [0, 0.05) is 19.2 Å². The van der Waals surface area contributed by atoms with E-state index in [1.165, 1.54) is 4.90 Å². The number of furan rings is 1. The van der Waals surface area contributed by atoms with Gasteiger partial charge in [0.25, 0.3) is 5.91 Å². The first-order valence-corrected chi connectivity index (χ1v) is 9.76. The van der Waals surface area contributed by atoms with Crippen LogP contribution in [-0.4, -0.2) is 53.8 Å². The normalized spacial score (nSPS) is 18.9. The monoisotopic (exact) mass is 364 g/mol. The Morgan fingerprint density at radius 1 is 1.44 bits per heavy atom. The van der Waals surface area contributed by atoms with Crippen LogP contribution >= 0.6 is 0 Å². The molecule has 0 aromatic carbocycles. The van der Waals surface area contributed by atoms with E-state index in [9.17, 15) is 13.2 Å². The summed E-state index contributed by atoms with van der Waals surface area (Å²) in [6, 6.07) is 4.88. The highest BCUT2D eigenvalue weighted by molar-refractivity contribution is 7.91. The lowest BCUT2D eigenvalue weighted by Gasteiger charge is -2.23. The van der Waals surface area contributed by atoms with Crippen molar-refractivity contribution in [2.75, 3.05) is 23.9 Å². The molecule has 134 valence electrons. The van der Waals surface area contributed by atoms with Crippen molar-refractivity contribution in [2.24, 2.45) is 0 Å². The number of hydrogen-bond acceptors (Lipinski definition) is 7. The molecule has 1 saturated heterocycles. The van der Waals surface area contributed by atoms with Crippen molar-refractivity contribution in [3.63, 3.8) is 0 Å². The molecule has 3 heterocycles. The fourth-order valence-electron chi connectivity index (χ4n) is 2.79. The van der Waals surface area contributed by atoms with Gasteiger partial charge in [-0.2, -0.15) is 0 Å². The summed E-state index contributed by atoms with van der Waals surface area (Å²) in [5.74, 6) is 1.53. The summed E-state index contributed by atoms with van der Waals surface area (Å²) in [7, 11) is -1.44. The maximum Gasteiger partial charge on any atom is 0.272 e. The maximum atomic E-state index is 12.7. The van der Waals surface area contributed by atoms with Crippen LogP contribution in [0.3, 0.4) is 0 Å². The molecular weight excluding hydrogens is 344 g/mol. The lowest BCUT2D eigenvalue weighted by molar-refractivity contribution is 0.0741. The predicted octanol–water partition coefficient (Wildman–Crippen LogP) is 1.25. The van der Waals surface area contributed by atoms with E-state index < -0.39 is 9.84 Å². The van der Waals surface area contributed by atoms with Gasteiger partial charge in [-0.1, -0.05) is 0 Å². The van der Waals surface area contributed by atoms with Crippen LogP contribution in [0.2, 0.25) is 0 Å². The topological polar surface area (TPSA) is 105 Å². The highest BCUT2D eigenvalue weighted by Gasteiger charge is 2.33. The van der Waals surface area contributed by atoms with E-state index in [0.29, 0.717) is 24.6 Å². The van der Waals surface area contributed by atoms with E-state index in [-0.39, 0.29) is 29.1 Å². The van der Waals surface area contributed by atoms with Crippen LogP contribution < -0.4 is 5.32 Å². The summed E-state index contributed by atoms with van der Waals surface area (Å²) in [4.78, 5) is 22.6. The van der Waals surface area contributed by atoms with Crippen molar-refractivity contribution < 1.29 is 17.6 Å². The fraction of sp³-hybridized carbons (Fsp3) is 0.438. The molecule has 1 unspecified atom stereocenters.